The minimum Gasteiger partial charge on any atom is -0.378 e. The van der Waals surface area contributed by atoms with Crippen LogP contribution in [0.4, 0.5) is 17.1 Å². The number of hydrogen-bond acceptors (Lipinski definition) is 5. The Balaban J connectivity index is 1.48. The first kappa shape index (κ1) is 20.8. The Morgan fingerprint density at radius 2 is 1.62 bits per heavy atom. The summed E-state index contributed by atoms with van der Waals surface area (Å²) in [4.78, 5) is 28.7. The van der Waals surface area contributed by atoms with Crippen LogP contribution in [0.15, 0.2) is 54.6 Å². The second-order valence-corrected chi connectivity index (χ2v) is 7.14. The number of benzene rings is 2. The van der Waals surface area contributed by atoms with Crippen LogP contribution in [0.1, 0.15) is 6.92 Å². The van der Waals surface area contributed by atoms with Crippen LogP contribution in [0.5, 0.6) is 0 Å². The quantitative estimate of drug-likeness (QED) is 0.752. The van der Waals surface area contributed by atoms with Crippen molar-refractivity contribution < 1.29 is 14.3 Å². The van der Waals surface area contributed by atoms with Crippen molar-refractivity contribution in [3.05, 3.63) is 54.6 Å². The molecule has 7 heteroatoms. The summed E-state index contributed by atoms with van der Waals surface area (Å²) in [5, 5.41) is 5.75. The van der Waals surface area contributed by atoms with Gasteiger partial charge in [-0.05, 0) is 50.4 Å². The van der Waals surface area contributed by atoms with E-state index in [-0.39, 0.29) is 18.4 Å². The number of anilines is 3. The zero-order valence-electron chi connectivity index (χ0n) is 16.9. The van der Waals surface area contributed by atoms with Gasteiger partial charge in [0, 0.05) is 30.2 Å². The minimum absolute atomic E-state index is 0.120. The molecule has 2 aromatic carbocycles. The van der Waals surface area contributed by atoms with Gasteiger partial charge in [0.15, 0.2) is 0 Å². The van der Waals surface area contributed by atoms with Crippen LogP contribution >= 0.6 is 0 Å². The van der Waals surface area contributed by atoms with E-state index in [4.69, 9.17) is 4.74 Å². The number of morpholine rings is 1. The average Bonchev–Trinajstić information content (AvgIpc) is 2.75. The van der Waals surface area contributed by atoms with Crippen molar-refractivity contribution in [2.24, 2.45) is 0 Å². The molecule has 0 aromatic heterocycles. The highest BCUT2D eigenvalue weighted by atomic mass is 16.5. The largest absolute Gasteiger partial charge is 0.378 e. The molecule has 0 saturated carbocycles. The van der Waals surface area contributed by atoms with E-state index >= 15 is 0 Å². The lowest BCUT2D eigenvalue weighted by Gasteiger charge is -2.29. The average molecular weight is 396 g/mol. The summed E-state index contributed by atoms with van der Waals surface area (Å²) in [5.41, 5.74) is 2.60. The predicted molar refractivity (Wildman–Crippen MR) is 115 cm³/mol. The van der Waals surface area contributed by atoms with Crippen molar-refractivity contribution in [3.63, 3.8) is 0 Å². The molecular formula is C22H28N4O3. The van der Waals surface area contributed by atoms with Gasteiger partial charge in [0.25, 0.3) is 0 Å². The number of nitrogens with one attached hydrogen (secondary N) is 2. The molecule has 7 nitrogen and oxygen atoms in total. The molecule has 1 saturated heterocycles. The van der Waals surface area contributed by atoms with Crippen LogP contribution < -0.4 is 15.5 Å². The minimum atomic E-state index is -0.440. The first-order valence-electron chi connectivity index (χ1n) is 9.81. The van der Waals surface area contributed by atoms with Crippen LogP contribution in [0.2, 0.25) is 0 Å². The molecule has 1 unspecified atom stereocenters. The molecule has 2 amide bonds. The van der Waals surface area contributed by atoms with E-state index < -0.39 is 6.04 Å². The number of amides is 2. The number of ether oxygens (including phenoxy) is 1. The first-order valence-corrected chi connectivity index (χ1v) is 9.81. The molecule has 2 N–H and O–H groups in total. The molecule has 1 aliphatic heterocycles. The zero-order valence-corrected chi connectivity index (χ0v) is 16.9. The van der Waals surface area contributed by atoms with Crippen LogP contribution in [-0.2, 0) is 14.3 Å². The van der Waals surface area contributed by atoms with Crippen molar-refractivity contribution in [3.8, 4) is 0 Å². The van der Waals surface area contributed by atoms with Crippen molar-refractivity contribution in [2.75, 3.05) is 55.4 Å². The second-order valence-electron chi connectivity index (χ2n) is 7.14. The number of carbonyl (C=O) groups excluding carboxylic acids is 2. The molecule has 3 rings (SSSR count). The van der Waals surface area contributed by atoms with Crippen molar-refractivity contribution in [2.45, 2.75) is 13.0 Å². The van der Waals surface area contributed by atoms with Crippen molar-refractivity contribution in [1.82, 2.24) is 4.90 Å². The number of carbonyl (C=O) groups is 2. The van der Waals surface area contributed by atoms with Crippen molar-refractivity contribution >= 4 is 28.9 Å². The van der Waals surface area contributed by atoms with Gasteiger partial charge in [-0.3, -0.25) is 14.5 Å². The number of rotatable bonds is 7. The number of para-hydroxylation sites is 1. The number of likely N-dealkylation sites (N-methyl/N-ethyl adjacent to an activating group) is 1. The third-order valence-corrected chi connectivity index (χ3v) is 5.00. The summed E-state index contributed by atoms with van der Waals surface area (Å²) in [6.07, 6.45) is 0. The van der Waals surface area contributed by atoms with Gasteiger partial charge >= 0.3 is 0 Å². The highest BCUT2D eigenvalue weighted by Crippen LogP contribution is 2.19. The topological polar surface area (TPSA) is 73.9 Å². The fraction of sp³-hybridized carbons (Fsp3) is 0.364. The summed E-state index contributed by atoms with van der Waals surface area (Å²) in [6.45, 7) is 5.12. The molecule has 1 fully saturated rings. The van der Waals surface area contributed by atoms with Crippen LogP contribution in [-0.4, -0.2) is 62.7 Å². The molecule has 29 heavy (non-hydrogen) atoms. The Bertz CT molecular complexity index is 805. The Morgan fingerprint density at radius 3 is 2.28 bits per heavy atom. The SMILES string of the molecule is CC(C(=O)Nc1ccccc1)N(C)CC(=O)Nc1ccc(N2CCOCC2)cc1. The molecule has 1 atom stereocenters. The van der Waals surface area contributed by atoms with Gasteiger partial charge in [0.2, 0.25) is 11.8 Å². The lowest BCUT2D eigenvalue weighted by atomic mass is 10.2. The molecule has 1 heterocycles. The van der Waals surface area contributed by atoms with Crippen LogP contribution in [0.25, 0.3) is 0 Å². The van der Waals surface area contributed by atoms with Gasteiger partial charge in [-0.15, -0.1) is 0 Å². The Labute approximate surface area is 171 Å². The molecule has 0 bridgehead atoms. The monoisotopic (exact) mass is 396 g/mol. The molecule has 0 spiro atoms. The summed E-state index contributed by atoms with van der Waals surface area (Å²) in [6, 6.07) is 16.6. The Morgan fingerprint density at radius 1 is 1.00 bits per heavy atom. The normalized spacial score (nSPS) is 15.1. The van der Waals surface area contributed by atoms with E-state index in [1.807, 2.05) is 54.6 Å². The lowest BCUT2D eigenvalue weighted by Crippen LogP contribution is -2.43. The van der Waals surface area contributed by atoms with E-state index in [9.17, 15) is 9.59 Å². The third-order valence-electron chi connectivity index (χ3n) is 5.00. The molecule has 1 aliphatic rings. The van der Waals surface area contributed by atoms with Crippen molar-refractivity contribution in [1.29, 1.82) is 0 Å². The van der Waals surface area contributed by atoms with E-state index in [1.165, 1.54) is 0 Å². The predicted octanol–water partition coefficient (Wildman–Crippen LogP) is 2.42. The summed E-state index contributed by atoms with van der Waals surface area (Å²) in [7, 11) is 1.76. The standard InChI is InChI=1S/C22H28N4O3/c1-17(22(28)24-18-6-4-3-5-7-18)25(2)16-21(27)23-19-8-10-20(11-9-19)26-12-14-29-15-13-26/h3-11,17H,12-16H2,1-2H3,(H,23,27)(H,24,28). The van der Waals surface area contributed by atoms with Crippen LogP contribution in [0.3, 0.4) is 0 Å². The molecule has 2 aromatic rings. The summed E-state index contributed by atoms with van der Waals surface area (Å²) in [5.74, 6) is -0.313. The lowest BCUT2D eigenvalue weighted by molar-refractivity contribution is -0.122. The van der Waals surface area contributed by atoms with Gasteiger partial charge in [-0.1, -0.05) is 18.2 Å². The molecular weight excluding hydrogens is 368 g/mol. The first-order chi connectivity index (χ1) is 14.0. The van der Waals surface area contributed by atoms with Gasteiger partial charge in [0.1, 0.15) is 0 Å². The van der Waals surface area contributed by atoms with E-state index in [0.29, 0.717) is 0 Å². The highest BCUT2D eigenvalue weighted by Gasteiger charge is 2.20. The van der Waals surface area contributed by atoms with Crippen LogP contribution in [0, 0.1) is 0 Å². The maximum absolute atomic E-state index is 12.4. The molecule has 0 aliphatic carbocycles. The smallest absolute Gasteiger partial charge is 0.241 e. The van der Waals surface area contributed by atoms with E-state index in [1.54, 1.807) is 18.9 Å². The number of hydrogen-bond donors (Lipinski definition) is 2. The van der Waals surface area contributed by atoms with E-state index in [2.05, 4.69) is 15.5 Å². The Hall–Kier alpha value is -2.90. The maximum Gasteiger partial charge on any atom is 0.241 e. The molecule has 154 valence electrons. The fourth-order valence-electron chi connectivity index (χ4n) is 3.11. The second kappa shape index (κ2) is 10.0. The van der Waals surface area contributed by atoms with Gasteiger partial charge in [0.05, 0.1) is 25.8 Å². The van der Waals surface area contributed by atoms with Gasteiger partial charge < -0.3 is 20.3 Å². The summed E-state index contributed by atoms with van der Waals surface area (Å²) >= 11 is 0. The van der Waals surface area contributed by atoms with E-state index in [0.717, 1.165) is 43.4 Å². The zero-order chi connectivity index (χ0) is 20.6. The Kier molecular flexibility index (Phi) is 7.21. The molecule has 0 radical (unpaired) electrons. The maximum atomic E-state index is 12.4. The van der Waals surface area contributed by atoms with Gasteiger partial charge in [-0.2, -0.15) is 0 Å². The van der Waals surface area contributed by atoms with Gasteiger partial charge in [-0.25, -0.2) is 0 Å². The summed E-state index contributed by atoms with van der Waals surface area (Å²) < 4.78 is 5.37. The number of nitrogens with zero attached hydrogens (tertiary/aromatic N) is 2. The third kappa shape index (κ3) is 6.04. The highest BCUT2D eigenvalue weighted by molar-refractivity contribution is 5.96. The fourth-order valence-corrected chi connectivity index (χ4v) is 3.11.